The molecule has 3 aromatic carbocycles. The molecule has 3 atom stereocenters. The van der Waals surface area contributed by atoms with Crippen molar-refractivity contribution in [2.24, 2.45) is 5.73 Å². The number of aliphatic hydroxyl groups is 1. The number of phenols is 1. The van der Waals surface area contributed by atoms with Gasteiger partial charge < -0.3 is 26.6 Å². The molecule has 0 unspecified atom stereocenters. The zero-order valence-electron chi connectivity index (χ0n) is 20.3. The van der Waals surface area contributed by atoms with Gasteiger partial charge in [-0.1, -0.05) is 24.0 Å². The largest absolute Gasteiger partial charge is 0.508 e. The molecule has 8 N–H and O–H groups in total. The molecule has 3 rings (SSSR count). The van der Waals surface area contributed by atoms with E-state index >= 15 is 0 Å². The molecule has 2 amide bonds. The Morgan fingerprint density at radius 1 is 0.919 bits per heavy atom. The Bertz CT molecular complexity index is 1250. The summed E-state index contributed by atoms with van der Waals surface area (Å²) >= 11 is 0. The highest BCUT2D eigenvalue weighted by atomic mass is 16.5. The Morgan fingerprint density at radius 2 is 1.49 bits per heavy atom. The van der Waals surface area contributed by atoms with E-state index in [0.717, 1.165) is 16.8 Å². The van der Waals surface area contributed by atoms with Gasteiger partial charge in [-0.05, 0) is 79.6 Å². The lowest BCUT2D eigenvalue weighted by molar-refractivity contribution is -0.133. The standard InChI is InChI=1S/C28H30N4O5/c1-18(33)26(28(36)32-37)31-27(35)22-10-4-19(5-11-22)2-3-20-6-12-24(13-7-20)30-17-23(29)16-21-8-14-25(34)15-9-21/h4-15,18,23,26,30,33-34,37H,16-17,29H2,1H3,(H,31,35)(H,32,36)/t18-,23-,26+/m1/s1. The van der Waals surface area contributed by atoms with Crippen LogP contribution in [0.3, 0.4) is 0 Å². The van der Waals surface area contributed by atoms with E-state index in [1.54, 1.807) is 36.4 Å². The summed E-state index contributed by atoms with van der Waals surface area (Å²) < 4.78 is 0. The molecule has 0 spiro atoms. The second-order valence-corrected chi connectivity index (χ2v) is 8.58. The quantitative estimate of drug-likeness (QED) is 0.133. The first-order valence-corrected chi connectivity index (χ1v) is 11.7. The van der Waals surface area contributed by atoms with Gasteiger partial charge in [-0.3, -0.25) is 14.8 Å². The molecular weight excluding hydrogens is 472 g/mol. The molecule has 0 bridgehead atoms. The minimum Gasteiger partial charge on any atom is -0.508 e. The molecule has 9 nitrogen and oxygen atoms in total. The number of anilines is 1. The van der Waals surface area contributed by atoms with E-state index < -0.39 is 24.0 Å². The van der Waals surface area contributed by atoms with Gasteiger partial charge >= 0.3 is 0 Å². The summed E-state index contributed by atoms with van der Waals surface area (Å²) in [5.74, 6) is 4.86. The van der Waals surface area contributed by atoms with Gasteiger partial charge in [0.25, 0.3) is 11.8 Å². The van der Waals surface area contributed by atoms with Crippen molar-refractivity contribution in [3.63, 3.8) is 0 Å². The van der Waals surface area contributed by atoms with Gasteiger partial charge in [-0.25, -0.2) is 5.48 Å². The van der Waals surface area contributed by atoms with E-state index in [0.29, 0.717) is 18.5 Å². The first-order chi connectivity index (χ1) is 17.7. The molecular formula is C28H30N4O5. The molecule has 0 saturated carbocycles. The van der Waals surface area contributed by atoms with Crippen molar-refractivity contribution >= 4 is 17.5 Å². The molecule has 192 valence electrons. The zero-order chi connectivity index (χ0) is 26.8. The summed E-state index contributed by atoms with van der Waals surface area (Å²) in [6.45, 7) is 1.92. The highest BCUT2D eigenvalue weighted by Crippen LogP contribution is 2.13. The van der Waals surface area contributed by atoms with Gasteiger partial charge in [0.05, 0.1) is 6.10 Å². The SMILES string of the molecule is C[C@@H](O)[C@H](NC(=O)c1ccc(C#Cc2ccc(NC[C@H](N)Cc3ccc(O)cc3)cc2)cc1)C(=O)NO. The maximum absolute atomic E-state index is 12.4. The van der Waals surface area contributed by atoms with Crippen molar-refractivity contribution in [2.45, 2.75) is 31.5 Å². The predicted molar refractivity (Wildman–Crippen MR) is 140 cm³/mol. The number of amides is 2. The first kappa shape index (κ1) is 27.2. The summed E-state index contributed by atoms with van der Waals surface area (Å²) in [5, 5.41) is 33.5. The minimum absolute atomic E-state index is 0.0844. The van der Waals surface area contributed by atoms with Crippen molar-refractivity contribution in [2.75, 3.05) is 11.9 Å². The van der Waals surface area contributed by atoms with Crippen LogP contribution in [0, 0.1) is 11.8 Å². The lowest BCUT2D eigenvalue weighted by Gasteiger charge is -2.19. The van der Waals surface area contributed by atoms with Gasteiger partial charge in [0.1, 0.15) is 11.8 Å². The van der Waals surface area contributed by atoms with Crippen LogP contribution in [-0.4, -0.2) is 52.0 Å². The zero-order valence-corrected chi connectivity index (χ0v) is 20.3. The highest BCUT2D eigenvalue weighted by Gasteiger charge is 2.25. The first-order valence-electron chi connectivity index (χ1n) is 11.7. The number of hydrogen-bond acceptors (Lipinski definition) is 7. The van der Waals surface area contributed by atoms with Crippen LogP contribution in [-0.2, 0) is 11.2 Å². The average Bonchev–Trinajstić information content (AvgIpc) is 2.90. The Labute approximate surface area is 215 Å². The van der Waals surface area contributed by atoms with Crippen LogP contribution in [0.2, 0.25) is 0 Å². The number of rotatable bonds is 9. The van der Waals surface area contributed by atoms with Crippen LogP contribution in [0.4, 0.5) is 5.69 Å². The van der Waals surface area contributed by atoms with Crippen molar-refractivity contribution in [3.8, 4) is 17.6 Å². The molecule has 37 heavy (non-hydrogen) atoms. The van der Waals surface area contributed by atoms with E-state index in [9.17, 15) is 19.8 Å². The Morgan fingerprint density at radius 3 is 2.03 bits per heavy atom. The predicted octanol–water partition coefficient (Wildman–Crippen LogP) is 1.76. The van der Waals surface area contributed by atoms with Crippen molar-refractivity contribution in [3.05, 3.63) is 95.1 Å². The van der Waals surface area contributed by atoms with Crippen LogP contribution < -0.4 is 21.8 Å². The number of benzene rings is 3. The van der Waals surface area contributed by atoms with Gasteiger partial charge in [-0.15, -0.1) is 0 Å². The smallest absolute Gasteiger partial charge is 0.268 e. The Balaban J connectivity index is 1.52. The molecule has 0 aromatic heterocycles. The molecule has 0 radical (unpaired) electrons. The van der Waals surface area contributed by atoms with Crippen molar-refractivity contribution in [1.29, 1.82) is 0 Å². The lowest BCUT2D eigenvalue weighted by Crippen LogP contribution is -2.51. The van der Waals surface area contributed by atoms with Gasteiger partial charge in [-0.2, -0.15) is 0 Å². The van der Waals surface area contributed by atoms with E-state index in [1.165, 1.54) is 12.4 Å². The second-order valence-electron chi connectivity index (χ2n) is 8.58. The third-order valence-corrected chi connectivity index (χ3v) is 5.55. The fourth-order valence-electron chi connectivity index (χ4n) is 3.48. The summed E-state index contributed by atoms with van der Waals surface area (Å²) in [6, 6.07) is 19.7. The normalized spacial score (nSPS) is 12.9. The summed E-state index contributed by atoms with van der Waals surface area (Å²) in [5.41, 5.74) is 11.4. The fraction of sp³-hybridized carbons (Fsp3) is 0.214. The maximum atomic E-state index is 12.4. The van der Waals surface area contributed by atoms with E-state index in [1.807, 2.05) is 36.4 Å². The molecule has 3 aromatic rings. The number of nitrogens with two attached hydrogens (primary N) is 1. The topological polar surface area (TPSA) is 157 Å². The van der Waals surface area contributed by atoms with E-state index in [-0.39, 0.29) is 17.4 Å². The number of carbonyl (C=O) groups is 2. The highest BCUT2D eigenvalue weighted by molar-refractivity contribution is 5.97. The second kappa shape index (κ2) is 13.1. The van der Waals surface area contributed by atoms with Gasteiger partial charge in [0.2, 0.25) is 0 Å². The van der Waals surface area contributed by atoms with Crippen molar-refractivity contribution in [1.82, 2.24) is 10.8 Å². The minimum atomic E-state index is -1.29. The summed E-state index contributed by atoms with van der Waals surface area (Å²) in [7, 11) is 0. The third-order valence-electron chi connectivity index (χ3n) is 5.55. The number of phenolic OH excluding ortho intramolecular Hbond substituents is 1. The van der Waals surface area contributed by atoms with E-state index in [2.05, 4.69) is 22.5 Å². The average molecular weight is 503 g/mol. The van der Waals surface area contributed by atoms with Crippen LogP contribution in [0.1, 0.15) is 34.0 Å². The monoisotopic (exact) mass is 502 g/mol. The van der Waals surface area contributed by atoms with Gasteiger partial charge in [0.15, 0.2) is 0 Å². The lowest BCUT2D eigenvalue weighted by atomic mass is 10.1. The van der Waals surface area contributed by atoms with Crippen LogP contribution in [0.15, 0.2) is 72.8 Å². The van der Waals surface area contributed by atoms with Crippen LogP contribution >= 0.6 is 0 Å². The number of hydroxylamine groups is 1. The number of nitrogens with one attached hydrogen (secondary N) is 3. The number of aromatic hydroxyl groups is 1. The third kappa shape index (κ3) is 8.37. The number of carbonyl (C=O) groups excluding carboxylic acids is 2. The summed E-state index contributed by atoms with van der Waals surface area (Å²) in [6.07, 6.45) is -0.499. The number of aliphatic hydroxyl groups excluding tert-OH is 1. The van der Waals surface area contributed by atoms with E-state index in [4.69, 9.17) is 10.9 Å². The molecule has 0 aliphatic rings. The maximum Gasteiger partial charge on any atom is 0.268 e. The molecule has 0 aliphatic carbocycles. The Kier molecular flexibility index (Phi) is 9.63. The molecule has 0 fully saturated rings. The molecule has 0 heterocycles. The Hall–Kier alpha value is -4.36. The van der Waals surface area contributed by atoms with Gasteiger partial charge in [0, 0.05) is 35.0 Å². The molecule has 0 saturated heterocycles. The van der Waals surface area contributed by atoms with Crippen LogP contribution in [0.5, 0.6) is 5.75 Å². The number of hydrogen-bond donors (Lipinski definition) is 7. The molecule has 0 aliphatic heterocycles. The molecule has 9 heteroatoms. The van der Waals surface area contributed by atoms with Crippen molar-refractivity contribution < 1.29 is 25.0 Å². The van der Waals surface area contributed by atoms with Crippen LogP contribution in [0.25, 0.3) is 0 Å². The fourth-order valence-corrected chi connectivity index (χ4v) is 3.48. The summed E-state index contributed by atoms with van der Waals surface area (Å²) in [4.78, 5) is 23.9.